The molecule has 0 unspecified atom stereocenters. The van der Waals surface area contributed by atoms with Gasteiger partial charge in [0, 0.05) is 18.2 Å². The van der Waals surface area contributed by atoms with Gasteiger partial charge in [0.05, 0.1) is 6.54 Å². The maximum atomic E-state index is 12.8. The van der Waals surface area contributed by atoms with E-state index in [1.54, 1.807) is 19.2 Å². The number of aryl methyl sites for hydroxylation is 1. The van der Waals surface area contributed by atoms with Crippen molar-refractivity contribution in [3.05, 3.63) is 47.4 Å². The van der Waals surface area contributed by atoms with Crippen molar-refractivity contribution in [1.82, 2.24) is 14.9 Å². The molecule has 2 heterocycles. The van der Waals surface area contributed by atoms with E-state index >= 15 is 0 Å². The second kappa shape index (κ2) is 5.48. The van der Waals surface area contributed by atoms with Crippen molar-refractivity contribution in [3.8, 4) is 0 Å². The quantitative estimate of drug-likeness (QED) is 0.850. The summed E-state index contributed by atoms with van der Waals surface area (Å²) in [6.07, 6.45) is 4.96. The standard InChI is InChI=1S/C18H21N3O2/c1-11-9-15(11)17-6-5-14(23-17)10-21(13-3-4-13)18(22)16-7-8-19-12(2)20-16/h5-8,11,13,15H,3-4,9-10H2,1-2H3/t11-,15+/m0/s1. The molecule has 2 aromatic rings. The number of carbonyl (C=O) groups excluding carboxylic acids is 1. The Bertz CT molecular complexity index is 735. The lowest BCUT2D eigenvalue weighted by Gasteiger charge is -2.20. The van der Waals surface area contributed by atoms with Crippen LogP contribution in [0.3, 0.4) is 0 Å². The molecular formula is C18H21N3O2. The highest BCUT2D eigenvalue weighted by Gasteiger charge is 2.38. The van der Waals surface area contributed by atoms with Crippen molar-refractivity contribution in [1.29, 1.82) is 0 Å². The van der Waals surface area contributed by atoms with Crippen LogP contribution in [0, 0.1) is 12.8 Å². The van der Waals surface area contributed by atoms with Gasteiger partial charge in [0.25, 0.3) is 5.91 Å². The van der Waals surface area contributed by atoms with Crippen molar-refractivity contribution in [2.45, 2.75) is 51.6 Å². The lowest BCUT2D eigenvalue weighted by Crippen LogP contribution is -2.33. The van der Waals surface area contributed by atoms with Crippen LogP contribution in [0.25, 0.3) is 0 Å². The first-order chi connectivity index (χ1) is 11.1. The molecule has 2 aromatic heterocycles. The highest BCUT2D eigenvalue weighted by molar-refractivity contribution is 5.92. The van der Waals surface area contributed by atoms with Crippen LogP contribution in [0.15, 0.2) is 28.8 Å². The van der Waals surface area contributed by atoms with Gasteiger partial charge in [-0.2, -0.15) is 0 Å². The summed E-state index contributed by atoms with van der Waals surface area (Å²) in [6.45, 7) is 4.56. The molecule has 2 aliphatic rings. The molecule has 23 heavy (non-hydrogen) atoms. The van der Waals surface area contributed by atoms with Crippen LogP contribution in [0.4, 0.5) is 0 Å². The average molecular weight is 311 g/mol. The summed E-state index contributed by atoms with van der Waals surface area (Å²) >= 11 is 0. The third kappa shape index (κ3) is 3.00. The first-order valence-corrected chi connectivity index (χ1v) is 8.31. The lowest BCUT2D eigenvalue weighted by atomic mass is 10.2. The van der Waals surface area contributed by atoms with Gasteiger partial charge in [-0.1, -0.05) is 6.92 Å². The molecular weight excluding hydrogens is 290 g/mol. The molecule has 0 N–H and O–H groups in total. The first kappa shape index (κ1) is 14.4. The fourth-order valence-corrected chi connectivity index (χ4v) is 3.04. The van der Waals surface area contributed by atoms with Crippen LogP contribution in [-0.4, -0.2) is 26.8 Å². The molecule has 1 amide bonds. The number of aromatic nitrogens is 2. The number of hydrogen-bond acceptors (Lipinski definition) is 4. The molecule has 0 radical (unpaired) electrons. The zero-order valence-electron chi connectivity index (χ0n) is 13.5. The molecule has 0 saturated heterocycles. The molecule has 0 aliphatic heterocycles. The maximum absolute atomic E-state index is 12.8. The van der Waals surface area contributed by atoms with Crippen LogP contribution in [0.5, 0.6) is 0 Å². The van der Waals surface area contributed by atoms with Gasteiger partial charge in [-0.05, 0) is 50.3 Å². The van der Waals surface area contributed by atoms with Gasteiger partial charge in [-0.3, -0.25) is 4.79 Å². The maximum Gasteiger partial charge on any atom is 0.273 e. The molecule has 4 rings (SSSR count). The molecule has 0 spiro atoms. The molecule has 0 bridgehead atoms. The van der Waals surface area contributed by atoms with E-state index in [-0.39, 0.29) is 5.91 Å². The molecule has 2 saturated carbocycles. The summed E-state index contributed by atoms with van der Waals surface area (Å²) in [5.41, 5.74) is 0.465. The van der Waals surface area contributed by atoms with Crippen molar-refractivity contribution in [2.24, 2.45) is 5.92 Å². The van der Waals surface area contributed by atoms with Crippen molar-refractivity contribution in [2.75, 3.05) is 0 Å². The summed E-state index contributed by atoms with van der Waals surface area (Å²) in [6, 6.07) is 6.07. The minimum absolute atomic E-state index is 0.0317. The summed E-state index contributed by atoms with van der Waals surface area (Å²) < 4.78 is 5.97. The zero-order chi connectivity index (χ0) is 16.0. The summed E-state index contributed by atoms with van der Waals surface area (Å²) in [5.74, 6) is 3.81. The molecule has 120 valence electrons. The summed E-state index contributed by atoms with van der Waals surface area (Å²) in [4.78, 5) is 23.0. The van der Waals surface area contributed by atoms with Crippen LogP contribution < -0.4 is 0 Å². The topological polar surface area (TPSA) is 59.2 Å². The summed E-state index contributed by atoms with van der Waals surface area (Å²) in [5, 5.41) is 0. The van der Waals surface area contributed by atoms with Crippen molar-refractivity contribution in [3.63, 3.8) is 0 Å². The van der Waals surface area contributed by atoms with Gasteiger partial charge in [-0.15, -0.1) is 0 Å². The predicted molar refractivity (Wildman–Crippen MR) is 84.9 cm³/mol. The molecule has 2 fully saturated rings. The Balaban J connectivity index is 1.52. The Morgan fingerprint density at radius 3 is 2.78 bits per heavy atom. The SMILES string of the molecule is Cc1nccc(C(=O)N(Cc2ccc([C@@H]3C[C@@H]3C)o2)C2CC2)n1. The average Bonchev–Trinajstić information content (AvgIpc) is 3.45. The van der Waals surface area contributed by atoms with E-state index in [9.17, 15) is 4.79 Å². The molecule has 0 aromatic carbocycles. The van der Waals surface area contributed by atoms with Crippen LogP contribution in [0.2, 0.25) is 0 Å². The Morgan fingerprint density at radius 2 is 2.13 bits per heavy atom. The van der Waals surface area contributed by atoms with Gasteiger partial charge in [0.1, 0.15) is 23.0 Å². The zero-order valence-corrected chi connectivity index (χ0v) is 13.5. The number of amides is 1. The highest BCUT2D eigenvalue weighted by Crippen LogP contribution is 2.47. The second-order valence-corrected chi connectivity index (χ2v) is 6.78. The monoisotopic (exact) mass is 311 g/mol. The third-order valence-electron chi connectivity index (χ3n) is 4.73. The summed E-state index contributed by atoms with van der Waals surface area (Å²) in [7, 11) is 0. The van der Waals surface area contributed by atoms with E-state index in [2.05, 4.69) is 23.0 Å². The predicted octanol–water partition coefficient (Wildman–Crippen LogP) is 3.31. The Labute approximate surface area is 135 Å². The fourth-order valence-electron chi connectivity index (χ4n) is 3.04. The lowest BCUT2D eigenvalue weighted by molar-refractivity contribution is 0.0710. The largest absolute Gasteiger partial charge is 0.464 e. The van der Waals surface area contributed by atoms with E-state index in [0.29, 0.717) is 30.0 Å². The van der Waals surface area contributed by atoms with Crippen LogP contribution >= 0.6 is 0 Å². The Morgan fingerprint density at radius 1 is 1.35 bits per heavy atom. The molecule has 5 heteroatoms. The number of nitrogens with zero attached hydrogens (tertiary/aromatic N) is 3. The third-order valence-corrected chi connectivity index (χ3v) is 4.73. The van der Waals surface area contributed by atoms with Crippen LogP contribution in [-0.2, 0) is 6.54 Å². The molecule has 2 aliphatic carbocycles. The Hall–Kier alpha value is -2.17. The molecule has 5 nitrogen and oxygen atoms in total. The first-order valence-electron chi connectivity index (χ1n) is 8.31. The van der Waals surface area contributed by atoms with Crippen LogP contribution in [0.1, 0.15) is 59.9 Å². The van der Waals surface area contributed by atoms with E-state index in [4.69, 9.17) is 4.42 Å². The fraction of sp³-hybridized carbons (Fsp3) is 0.500. The van der Waals surface area contributed by atoms with Gasteiger partial charge in [-0.25, -0.2) is 9.97 Å². The number of furan rings is 1. The second-order valence-electron chi connectivity index (χ2n) is 6.78. The van der Waals surface area contributed by atoms with E-state index in [1.165, 1.54) is 6.42 Å². The number of rotatable bonds is 5. The van der Waals surface area contributed by atoms with Crippen molar-refractivity contribution >= 4 is 5.91 Å². The normalized spacial score (nSPS) is 22.9. The highest BCUT2D eigenvalue weighted by atomic mass is 16.3. The minimum atomic E-state index is -0.0317. The van der Waals surface area contributed by atoms with Gasteiger partial charge in [0.2, 0.25) is 0 Å². The molecule has 2 atom stereocenters. The smallest absolute Gasteiger partial charge is 0.273 e. The van der Waals surface area contributed by atoms with Crippen molar-refractivity contribution < 1.29 is 9.21 Å². The van der Waals surface area contributed by atoms with E-state index in [0.717, 1.165) is 30.3 Å². The number of carbonyl (C=O) groups is 1. The van der Waals surface area contributed by atoms with E-state index < -0.39 is 0 Å². The van der Waals surface area contributed by atoms with Gasteiger partial charge in [0.15, 0.2) is 0 Å². The Kier molecular flexibility index (Phi) is 3.43. The number of hydrogen-bond donors (Lipinski definition) is 0. The van der Waals surface area contributed by atoms with Gasteiger partial charge < -0.3 is 9.32 Å². The minimum Gasteiger partial charge on any atom is -0.464 e. The van der Waals surface area contributed by atoms with Gasteiger partial charge >= 0.3 is 0 Å². The van der Waals surface area contributed by atoms with E-state index in [1.807, 2.05) is 11.0 Å².